The van der Waals surface area contributed by atoms with Gasteiger partial charge in [-0.3, -0.25) is 14.6 Å². The van der Waals surface area contributed by atoms with Gasteiger partial charge in [-0.2, -0.15) is 0 Å². The van der Waals surface area contributed by atoms with Crippen molar-refractivity contribution in [1.29, 1.82) is 0 Å². The molecule has 184 valence electrons. The molecule has 6 heteroatoms. The second-order valence-electron chi connectivity index (χ2n) is 9.45. The topological polar surface area (TPSA) is 54.0 Å². The second-order valence-corrected chi connectivity index (χ2v) is 9.45. The number of fused-ring (bicyclic) bond motifs is 1. The molecule has 5 rings (SSSR count). The van der Waals surface area contributed by atoms with E-state index in [-0.39, 0.29) is 5.91 Å². The van der Waals surface area contributed by atoms with Crippen molar-refractivity contribution < 1.29 is 14.3 Å². The molecular formula is C29H35N3O3. The normalized spacial score (nSPS) is 17.4. The van der Waals surface area contributed by atoms with E-state index in [0.717, 1.165) is 74.7 Å². The summed E-state index contributed by atoms with van der Waals surface area (Å²) < 4.78 is 11.6. The number of morpholine rings is 1. The summed E-state index contributed by atoms with van der Waals surface area (Å²) in [5.41, 5.74) is 2.68. The van der Waals surface area contributed by atoms with E-state index in [1.807, 2.05) is 54.6 Å². The van der Waals surface area contributed by atoms with E-state index in [1.54, 1.807) is 0 Å². The quantitative estimate of drug-likeness (QED) is 0.510. The Morgan fingerprint density at radius 2 is 1.66 bits per heavy atom. The third-order valence-corrected chi connectivity index (χ3v) is 6.95. The molecule has 0 spiro atoms. The van der Waals surface area contributed by atoms with E-state index in [4.69, 9.17) is 9.47 Å². The fourth-order valence-electron chi connectivity index (χ4n) is 5.00. The number of piperidine rings is 1. The largest absolute Gasteiger partial charge is 0.492 e. The SMILES string of the molecule is O=C(Nc1ccc(OCCN2CCOCC2)c2ccccc12)c1cccc(CN2CCCCC2)c1. The van der Waals surface area contributed by atoms with Crippen LogP contribution in [0, 0.1) is 0 Å². The number of benzene rings is 3. The molecule has 2 fully saturated rings. The third-order valence-electron chi connectivity index (χ3n) is 6.95. The van der Waals surface area contributed by atoms with Crippen molar-refractivity contribution in [3.05, 3.63) is 71.8 Å². The highest BCUT2D eigenvalue weighted by Crippen LogP contribution is 2.32. The van der Waals surface area contributed by atoms with Crippen molar-refractivity contribution in [1.82, 2.24) is 9.80 Å². The Hall–Kier alpha value is -2.93. The highest BCUT2D eigenvalue weighted by Gasteiger charge is 2.15. The number of amides is 1. The summed E-state index contributed by atoms with van der Waals surface area (Å²) in [6.45, 7) is 8.18. The summed E-state index contributed by atoms with van der Waals surface area (Å²) in [4.78, 5) is 18.0. The smallest absolute Gasteiger partial charge is 0.255 e. The number of nitrogens with one attached hydrogen (secondary N) is 1. The molecule has 6 nitrogen and oxygen atoms in total. The summed E-state index contributed by atoms with van der Waals surface area (Å²) >= 11 is 0. The summed E-state index contributed by atoms with van der Waals surface area (Å²) in [7, 11) is 0. The van der Waals surface area contributed by atoms with Gasteiger partial charge in [-0.15, -0.1) is 0 Å². The van der Waals surface area contributed by atoms with Gasteiger partial charge in [-0.1, -0.05) is 42.8 Å². The van der Waals surface area contributed by atoms with Gasteiger partial charge in [0, 0.05) is 48.2 Å². The lowest BCUT2D eigenvalue weighted by atomic mass is 10.1. The summed E-state index contributed by atoms with van der Waals surface area (Å²) in [5, 5.41) is 5.12. The number of ether oxygens (including phenoxy) is 2. The molecule has 0 radical (unpaired) electrons. The van der Waals surface area contributed by atoms with Gasteiger partial charge in [0.15, 0.2) is 0 Å². The van der Waals surface area contributed by atoms with Crippen LogP contribution in [0.15, 0.2) is 60.7 Å². The number of rotatable bonds is 8. The average molecular weight is 474 g/mol. The Bertz CT molecular complexity index is 1140. The van der Waals surface area contributed by atoms with Crippen molar-refractivity contribution in [3.63, 3.8) is 0 Å². The maximum atomic E-state index is 13.2. The molecule has 0 aliphatic carbocycles. The number of carbonyl (C=O) groups excluding carboxylic acids is 1. The minimum atomic E-state index is -0.0865. The van der Waals surface area contributed by atoms with Crippen LogP contribution >= 0.6 is 0 Å². The van der Waals surface area contributed by atoms with E-state index in [1.165, 1.54) is 24.8 Å². The zero-order valence-electron chi connectivity index (χ0n) is 20.4. The second kappa shape index (κ2) is 11.7. The Balaban J connectivity index is 1.26. The van der Waals surface area contributed by atoms with Crippen molar-refractivity contribution >= 4 is 22.4 Å². The highest BCUT2D eigenvalue weighted by atomic mass is 16.5. The fourth-order valence-corrected chi connectivity index (χ4v) is 5.00. The standard InChI is InChI=1S/C29H35N3O3/c33-29(24-8-6-7-23(21-24)22-32-13-4-1-5-14-32)30-27-11-12-28(26-10-3-2-9-25(26)27)35-20-17-31-15-18-34-19-16-31/h2-3,6-12,21H,1,4-5,13-20,22H2,(H,30,33). The summed E-state index contributed by atoms with van der Waals surface area (Å²) in [6, 6.07) is 20.0. The molecule has 0 atom stereocenters. The van der Waals surface area contributed by atoms with Crippen LogP contribution in [-0.4, -0.2) is 68.3 Å². The minimum absolute atomic E-state index is 0.0865. The third kappa shape index (κ3) is 6.20. The Morgan fingerprint density at radius 3 is 2.49 bits per heavy atom. The fraction of sp³-hybridized carbons (Fsp3) is 0.414. The van der Waals surface area contributed by atoms with Crippen LogP contribution in [0.5, 0.6) is 5.75 Å². The van der Waals surface area contributed by atoms with Crippen LogP contribution in [0.2, 0.25) is 0 Å². The van der Waals surface area contributed by atoms with E-state index in [0.29, 0.717) is 12.2 Å². The van der Waals surface area contributed by atoms with Gasteiger partial charge in [0.1, 0.15) is 12.4 Å². The maximum absolute atomic E-state index is 13.2. The van der Waals surface area contributed by atoms with Crippen LogP contribution in [0.25, 0.3) is 10.8 Å². The number of nitrogens with zero attached hydrogens (tertiary/aromatic N) is 2. The molecular weight excluding hydrogens is 438 g/mol. The first-order valence-electron chi connectivity index (χ1n) is 12.8. The molecule has 0 bridgehead atoms. The summed E-state index contributed by atoms with van der Waals surface area (Å²) in [5.74, 6) is 0.757. The number of hydrogen-bond donors (Lipinski definition) is 1. The van der Waals surface area contributed by atoms with Crippen molar-refractivity contribution in [3.8, 4) is 5.75 Å². The zero-order chi connectivity index (χ0) is 23.9. The first-order valence-corrected chi connectivity index (χ1v) is 12.8. The number of likely N-dealkylation sites (tertiary alicyclic amines) is 1. The van der Waals surface area contributed by atoms with Gasteiger partial charge >= 0.3 is 0 Å². The zero-order valence-corrected chi connectivity index (χ0v) is 20.4. The van der Waals surface area contributed by atoms with Crippen molar-refractivity contribution in [2.45, 2.75) is 25.8 Å². The predicted molar refractivity (Wildman–Crippen MR) is 140 cm³/mol. The molecule has 2 aliphatic heterocycles. The molecule has 3 aromatic rings. The molecule has 0 saturated carbocycles. The van der Waals surface area contributed by atoms with Crippen LogP contribution in [0.3, 0.4) is 0 Å². The Labute approximate surface area is 207 Å². The van der Waals surface area contributed by atoms with Crippen LogP contribution in [-0.2, 0) is 11.3 Å². The van der Waals surface area contributed by atoms with E-state index in [9.17, 15) is 4.79 Å². The van der Waals surface area contributed by atoms with Gasteiger partial charge in [-0.05, 0) is 55.8 Å². The van der Waals surface area contributed by atoms with Gasteiger partial charge in [-0.25, -0.2) is 0 Å². The predicted octanol–water partition coefficient (Wildman–Crippen LogP) is 4.79. The number of hydrogen-bond acceptors (Lipinski definition) is 5. The Kier molecular flexibility index (Phi) is 7.93. The van der Waals surface area contributed by atoms with Gasteiger partial charge < -0.3 is 14.8 Å². The first kappa shape index (κ1) is 23.8. The van der Waals surface area contributed by atoms with Crippen molar-refractivity contribution in [2.24, 2.45) is 0 Å². The molecule has 1 amide bonds. The molecule has 2 heterocycles. The van der Waals surface area contributed by atoms with Crippen LogP contribution < -0.4 is 10.1 Å². The monoisotopic (exact) mass is 473 g/mol. The molecule has 0 unspecified atom stereocenters. The summed E-state index contributed by atoms with van der Waals surface area (Å²) in [6.07, 6.45) is 3.85. The highest BCUT2D eigenvalue weighted by molar-refractivity contribution is 6.10. The maximum Gasteiger partial charge on any atom is 0.255 e. The van der Waals surface area contributed by atoms with Gasteiger partial charge in [0.2, 0.25) is 0 Å². The molecule has 0 aromatic heterocycles. The minimum Gasteiger partial charge on any atom is -0.492 e. The van der Waals surface area contributed by atoms with E-state index >= 15 is 0 Å². The van der Waals surface area contributed by atoms with Crippen LogP contribution in [0.4, 0.5) is 5.69 Å². The van der Waals surface area contributed by atoms with E-state index in [2.05, 4.69) is 21.2 Å². The molecule has 2 aliphatic rings. The lowest BCUT2D eigenvalue weighted by Crippen LogP contribution is -2.38. The van der Waals surface area contributed by atoms with Crippen molar-refractivity contribution in [2.75, 3.05) is 57.9 Å². The van der Waals surface area contributed by atoms with Crippen LogP contribution in [0.1, 0.15) is 35.2 Å². The number of carbonyl (C=O) groups is 1. The van der Waals surface area contributed by atoms with Gasteiger partial charge in [0.25, 0.3) is 5.91 Å². The molecule has 2 saturated heterocycles. The molecule has 3 aromatic carbocycles. The van der Waals surface area contributed by atoms with E-state index < -0.39 is 0 Å². The average Bonchev–Trinajstić information content (AvgIpc) is 2.91. The lowest BCUT2D eigenvalue weighted by molar-refractivity contribution is 0.0323. The van der Waals surface area contributed by atoms with Gasteiger partial charge in [0.05, 0.1) is 13.2 Å². The molecule has 35 heavy (non-hydrogen) atoms. The lowest BCUT2D eigenvalue weighted by Gasteiger charge is -2.26. The number of anilines is 1. The first-order chi connectivity index (χ1) is 17.3. The molecule has 1 N–H and O–H groups in total. The Morgan fingerprint density at radius 1 is 0.857 bits per heavy atom.